The average Bonchev–Trinajstić information content (AvgIpc) is 2.94. The van der Waals surface area contributed by atoms with Gasteiger partial charge >= 0.3 is 5.69 Å². The van der Waals surface area contributed by atoms with Crippen molar-refractivity contribution in [1.29, 1.82) is 0 Å². The molecule has 0 fully saturated rings. The van der Waals surface area contributed by atoms with Crippen molar-refractivity contribution in [3.05, 3.63) is 26.7 Å². The number of hydrogen-bond donors (Lipinski definition) is 2. The number of aliphatic hydroxyl groups is 1. The number of fused-ring (bicyclic) bond motifs is 1. The number of nitrogens with one attached hydrogen (secondary N) is 1. The molecule has 152 valence electrons. The van der Waals surface area contributed by atoms with Crippen molar-refractivity contribution in [2.45, 2.75) is 83.7 Å². The lowest BCUT2D eigenvalue weighted by Crippen LogP contribution is -2.29. The van der Waals surface area contributed by atoms with Crippen LogP contribution in [-0.2, 0) is 20.5 Å². The van der Waals surface area contributed by atoms with Crippen LogP contribution in [0.3, 0.4) is 0 Å². The zero-order valence-electron chi connectivity index (χ0n) is 17.0. The lowest BCUT2D eigenvalue weighted by atomic mass is 10.0. The van der Waals surface area contributed by atoms with E-state index in [1.807, 2.05) is 14.0 Å². The van der Waals surface area contributed by atoms with Crippen LogP contribution in [0.1, 0.15) is 77.0 Å². The molecule has 1 atom stereocenters. The normalized spacial score (nSPS) is 12.7. The van der Waals surface area contributed by atoms with Gasteiger partial charge in [0.2, 0.25) is 0 Å². The minimum absolute atomic E-state index is 0.162. The number of unbranched alkanes of at least 4 members (excludes halogenated alkanes) is 8. The molecule has 0 aliphatic heterocycles. The van der Waals surface area contributed by atoms with Gasteiger partial charge in [0.1, 0.15) is 5.82 Å². The fourth-order valence-corrected chi connectivity index (χ4v) is 3.54. The van der Waals surface area contributed by atoms with Gasteiger partial charge in [0, 0.05) is 20.5 Å². The molecule has 0 saturated carbocycles. The maximum Gasteiger partial charge on any atom is 0.329 e. The largest absolute Gasteiger partial charge is 0.393 e. The summed E-state index contributed by atoms with van der Waals surface area (Å²) in [5.41, 5.74) is 0.116. The van der Waals surface area contributed by atoms with E-state index < -0.39 is 5.69 Å². The maximum absolute atomic E-state index is 12.0. The van der Waals surface area contributed by atoms with E-state index in [0.717, 1.165) is 37.9 Å². The molecule has 0 bridgehead atoms. The fraction of sp³-hybridized carbons (Fsp3) is 0.750. The van der Waals surface area contributed by atoms with Crippen LogP contribution in [-0.4, -0.2) is 30.3 Å². The summed E-state index contributed by atoms with van der Waals surface area (Å²) in [4.78, 5) is 30.6. The van der Waals surface area contributed by atoms with Crippen molar-refractivity contribution in [2.75, 3.05) is 0 Å². The van der Waals surface area contributed by atoms with Crippen LogP contribution in [0, 0.1) is 0 Å². The van der Waals surface area contributed by atoms with Gasteiger partial charge in [0.05, 0.1) is 6.10 Å². The predicted octanol–water partition coefficient (Wildman–Crippen LogP) is 2.78. The second kappa shape index (κ2) is 10.4. The van der Waals surface area contributed by atoms with Gasteiger partial charge in [-0.2, -0.15) is 0 Å². The summed E-state index contributed by atoms with van der Waals surface area (Å²) >= 11 is 0. The Morgan fingerprint density at radius 3 is 2.07 bits per heavy atom. The number of nitrogens with zero attached hydrogens (tertiary/aromatic N) is 3. The Balaban J connectivity index is 1.67. The Hall–Kier alpha value is -1.89. The van der Waals surface area contributed by atoms with Gasteiger partial charge < -0.3 is 9.67 Å². The first-order valence-electron chi connectivity index (χ1n) is 10.2. The van der Waals surface area contributed by atoms with E-state index in [9.17, 15) is 14.7 Å². The first-order chi connectivity index (χ1) is 12.9. The van der Waals surface area contributed by atoms with E-state index in [-0.39, 0.29) is 11.7 Å². The van der Waals surface area contributed by atoms with Crippen LogP contribution in [0.4, 0.5) is 0 Å². The second-order valence-corrected chi connectivity index (χ2v) is 7.65. The summed E-state index contributed by atoms with van der Waals surface area (Å²) in [5, 5.41) is 9.22. The molecule has 7 nitrogen and oxygen atoms in total. The van der Waals surface area contributed by atoms with Gasteiger partial charge in [-0.15, -0.1) is 0 Å². The van der Waals surface area contributed by atoms with Crippen LogP contribution < -0.4 is 11.2 Å². The van der Waals surface area contributed by atoms with Crippen molar-refractivity contribution < 1.29 is 5.11 Å². The quantitative estimate of drug-likeness (QED) is 0.556. The monoisotopic (exact) mass is 378 g/mol. The number of aromatic amines is 1. The zero-order valence-corrected chi connectivity index (χ0v) is 17.0. The average molecular weight is 379 g/mol. The molecule has 0 aliphatic rings. The fourth-order valence-electron chi connectivity index (χ4n) is 3.54. The number of rotatable bonds is 12. The Morgan fingerprint density at radius 2 is 1.48 bits per heavy atom. The van der Waals surface area contributed by atoms with Crippen molar-refractivity contribution in [2.24, 2.45) is 14.1 Å². The molecule has 2 heterocycles. The summed E-state index contributed by atoms with van der Waals surface area (Å²) in [6.07, 6.45) is 12.4. The molecule has 7 heteroatoms. The highest BCUT2D eigenvalue weighted by Crippen LogP contribution is 2.14. The molecule has 2 N–H and O–H groups in total. The molecule has 2 aromatic rings. The Bertz CT molecular complexity index is 832. The smallest absolute Gasteiger partial charge is 0.329 e. The zero-order chi connectivity index (χ0) is 19.8. The molecule has 0 aliphatic carbocycles. The standard InChI is InChI=1S/C20H34N4O3/c1-15(25)13-11-9-7-5-4-6-8-10-12-14-16-21-18-17(23(16)2)19(26)22-20(27)24(18)3/h15,25H,4-14H2,1-3H3,(H,22,26,27). The first-order valence-corrected chi connectivity index (χ1v) is 10.2. The molecule has 0 saturated heterocycles. The third-order valence-corrected chi connectivity index (χ3v) is 5.25. The Morgan fingerprint density at radius 1 is 0.926 bits per heavy atom. The molecular formula is C20H34N4O3. The van der Waals surface area contributed by atoms with Crippen molar-refractivity contribution >= 4 is 11.2 Å². The highest BCUT2D eigenvalue weighted by Gasteiger charge is 2.14. The third-order valence-electron chi connectivity index (χ3n) is 5.25. The first kappa shape index (κ1) is 21.4. The summed E-state index contributed by atoms with van der Waals surface area (Å²) in [5.74, 6) is 0.856. The molecule has 27 heavy (non-hydrogen) atoms. The number of aliphatic hydroxyl groups excluding tert-OH is 1. The topological polar surface area (TPSA) is 92.9 Å². The SMILES string of the molecule is CC(O)CCCCCCCCCCCc1nc2c(c(=O)[nH]c(=O)n2C)n1C. The maximum atomic E-state index is 12.0. The summed E-state index contributed by atoms with van der Waals surface area (Å²) in [7, 11) is 3.46. The van der Waals surface area contributed by atoms with Crippen LogP contribution in [0.2, 0.25) is 0 Å². The van der Waals surface area contributed by atoms with Gasteiger partial charge in [0.15, 0.2) is 11.2 Å². The lowest BCUT2D eigenvalue weighted by Gasteiger charge is -2.04. The summed E-state index contributed by atoms with van der Waals surface area (Å²) < 4.78 is 3.20. The molecule has 0 amide bonds. The van der Waals surface area contributed by atoms with E-state index in [4.69, 9.17) is 0 Å². The van der Waals surface area contributed by atoms with Gasteiger partial charge in [0.25, 0.3) is 5.56 Å². The minimum Gasteiger partial charge on any atom is -0.393 e. The van der Waals surface area contributed by atoms with Crippen LogP contribution >= 0.6 is 0 Å². The lowest BCUT2D eigenvalue weighted by molar-refractivity contribution is 0.180. The van der Waals surface area contributed by atoms with Crippen molar-refractivity contribution in [3.63, 3.8) is 0 Å². The predicted molar refractivity (Wildman–Crippen MR) is 108 cm³/mol. The Kier molecular flexibility index (Phi) is 8.28. The highest BCUT2D eigenvalue weighted by molar-refractivity contribution is 5.70. The van der Waals surface area contributed by atoms with E-state index in [2.05, 4.69) is 9.97 Å². The molecular weight excluding hydrogens is 344 g/mol. The van der Waals surface area contributed by atoms with E-state index >= 15 is 0 Å². The second-order valence-electron chi connectivity index (χ2n) is 7.65. The number of imidazole rings is 1. The number of aromatic nitrogens is 4. The van der Waals surface area contributed by atoms with Gasteiger partial charge in [-0.25, -0.2) is 9.78 Å². The minimum atomic E-state index is -0.428. The molecule has 0 radical (unpaired) electrons. The highest BCUT2D eigenvalue weighted by atomic mass is 16.3. The Labute approximate surface area is 160 Å². The van der Waals surface area contributed by atoms with Crippen LogP contribution in [0.15, 0.2) is 9.59 Å². The van der Waals surface area contributed by atoms with E-state index in [1.165, 1.54) is 43.1 Å². The van der Waals surface area contributed by atoms with E-state index in [0.29, 0.717) is 11.2 Å². The molecule has 0 spiro atoms. The number of hydrogen-bond acceptors (Lipinski definition) is 4. The van der Waals surface area contributed by atoms with Crippen LogP contribution in [0.5, 0.6) is 0 Å². The number of H-pyrrole nitrogens is 1. The van der Waals surface area contributed by atoms with Gasteiger partial charge in [-0.05, 0) is 19.8 Å². The van der Waals surface area contributed by atoms with Gasteiger partial charge in [-0.3, -0.25) is 14.3 Å². The van der Waals surface area contributed by atoms with E-state index in [1.54, 1.807) is 11.6 Å². The molecule has 0 aromatic carbocycles. The van der Waals surface area contributed by atoms with Crippen molar-refractivity contribution in [1.82, 2.24) is 19.1 Å². The summed E-state index contributed by atoms with van der Waals surface area (Å²) in [6, 6.07) is 0. The van der Waals surface area contributed by atoms with Crippen LogP contribution in [0.25, 0.3) is 11.2 Å². The molecule has 2 aromatic heterocycles. The summed E-state index contributed by atoms with van der Waals surface area (Å²) in [6.45, 7) is 1.85. The van der Waals surface area contributed by atoms with Gasteiger partial charge in [-0.1, -0.05) is 51.4 Å². The number of aryl methyl sites for hydroxylation is 3. The third kappa shape index (κ3) is 6.06. The van der Waals surface area contributed by atoms with Crippen molar-refractivity contribution in [3.8, 4) is 0 Å². The molecule has 1 unspecified atom stereocenters. The molecule has 2 rings (SSSR count).